The second kappa shape index (κ2) is 3.25. The van der Waals surface area contributed by atoms with Gasteiger partial charge >= 0.3 is 6.18 Å². The zero-order chi connectivity index (χ0) is 11.1. The Hall–Kier alpha value is -1.53. The van der Waals surface area contributed by atoms with Crippen molar-refractivity contribution in [1.82, 2.24) is 9.97 Å². The van der Waals surface area contributed by atoms with E-state index in [0.29, 0.717) is 18.5 Å². The predicted molar refractivity (Wildman–Crippen MR) is 46.7 cm³/mol. The van der Waals surface area contributed by atoms with Gasteiger partial charge in [-0.25, -0.2) is 4.98 Å². The number of halogens is 3. The van der Waals surface area contributed by atoms with Gasteiger partial charge in [-0.15, -0.1) is 0 Å². The van der Waals surface area contributed by atoms with Gasteiger partial charge in [0.05, 0.1) is 5.56 Å². The Balaban J connectivity index is 2.55. The summed E-state index contributed by atoms with van der Waals surface area (Å²) in [5.41, 5.74) is -0.409. The molecule has 0 bridgehead atoms. The Morgan fingerprint density at radius 3 is 2.73 bits per heavy atom. The zero-order valence-corrected chi connectivity index (χ0v) is 7.61. The number of rotatable bonds is 0. The van der Waals surface area contributed by atoms with Crippen molar-refractivity contribution in [2.75, 3.05) is 11.9 Å². The van der Waals surface area contributed by atoms with Crippen molar-refractivity contribution in [3.8, 4) is 0 Å². The first-order valence-electron chi connectivity index (χ1n) is 4.43. The van der Waals surface area contributed by atoms with E-state index in [-0.39, 0.29) is 5.82 Å². The van der Waals surface area contributed by atoms with Crippen LogP contribution in [0.25, 0.3) is 0 Å². The summed E-state index contributed by atoms with van der Waals surface area (Å²) in [7, 11) is 0. The third-order valence-electron chi connectivity index (χ3n) is 2.18. The molecule has 0 spiro atoms. The topological polar surface area (TPSA) is 57.8 Å². The van der Waals surface area contributed by atoms with E-state index < -0.39 is 17.6 Å². The summed E-state index contributed by atoms with van der Waals surface area (Å²) < 4.78 is 36.8. The summed E-state index contributed by atoms with van der Waals surface area (Å²) in [6.07, 6.45) is -3.43. The number of hydrogen-bond acceptors (Lipinski definition) is 3. The van der Waals surface area contributed by atoms with E-state index in [0.717, 1.165) is 6.42 Å². The molecule has 82 valence electrons. The number of H-pyrrole nitrogens is 1. The van der Waals surface area contributed by atoms with Crippen LogP contribution in [-0.4, -0.2) is 16.5 Å². The Kier molecular flexibility index (Phi) is 2.17. The van der Waals surface area contributed by atoms with E-state index in [1.54, 1.807) is 4.98 Å². The number of nitrogens with one attached hydrogen (secondary N) is 2. The molecular weight excluding hydrogens is 211 g/mol. The largest absolute Gasteiger partial charge is 0.449 e. The van der Waals surface area contributed by atoms with Gasteiger partial charge in [0.1, 0.15) is 5.82 Å². The standard InChI is InChI=1S/C8H8F3N3O/c9-8(10,11)7-13-5-4(6(15)14-7)2-1-3-12-5/h1-3H2,(H2,12,13,14,15). The molecule has 0 unspecified atom stereocenters. The molecule has 1 aliphatic rings. The number of nitrogens with zero attached hydrogens (tertiary/aromatic N) is 1. The molecular formula is C8H8F3N3O. The zero-order valence-electron chi connectivity index (χ0n) is 7.61. The molecule has 1 aromatic rings. The van der Waals surface area contributed by atoms with E-state index in [1.807, 2.05) is 0 Å². The molecule has 0 saturated heterocycles. The number of anilines is 1. The lowest BCUT2D eigenvalue weighted by Gasteiger charge is -2.17. The molecule has 4 nitrogen and oxygen atoms in total. The SMILES string of the molecule is O=c1[nH]c(C(F)(F)F)nc2c1CCCN2. The minimum absolute atomic E-state index is 0.0531. The highest BCUT2D eigenvalue weighted by Gasteiger charge is 2.35. The van der Waals surface area contributed by atoms with Crippen LogP contribution in [0.3, 0.4) is 0 Å². The highest BCUT2D eigenvalue weighted by Crippen LogP contribution is 2.27. The van der Waals surface area contributed by atoms with Gasteiger partial charge in [0.2, 0.25) is 5.82 Å². The maximum atomic E-state index is 12.3. The summed E-state index contributed by atoms with van der Waals surface area (Å²) in [5.74, 6) is -1.20. The second-order valence-electron chi connectivity index (χ2n) is 3.27. The minimum Gasteiger partial charge on any atom is -0.370 e. The quantitative estimate of drug-likeness (QED) is 0.688. The molecule has 2 rings (SSSR count). The molecule has 0 aromatic carbocycles. The third-order valence-corrected chi connectivity index (χ3v) is 2.18. The smallest absolute Gasteiger partial charge is 0.370 e. The number of fused-ring (bicyclic) bond motifs is 1. The van der Waals surface area contributed by atoms with Crippen molar-refractivity contribution in [2.45, 2.75) is 19.0 Å². The summed E-state index contributed by atoms with van der Waals surface area (Å²) in [5, 5.41) is 2.68. The van der Waals surface area contributed by atoms with Crippen molar-refractivity contribution in [3.05, 3.63) is 21.7 Å². The van der Waals surface area contributed by atoms with Crippen LogP contribution in [0.1, 0.15) is 17.8 Å². The molecule has 15 heavy (non-hydrogen) atoms. The van der Waals surface area contributed by atoms with Crippen LogP contribution in [0.15, 0.2) is 4.79 Å². The molecule has 0 atom stereocenters. The van der Waals surface area contributed by atoms with Gasteiger partial charge in [0.25, 0.3) is 5.56 Å². The molecule has 0 saturated carbocycles. The van der Waals surface area contributed by atoms with Crippen LogP contribution in [0.4, 0.5) is 19.0 Å². The summed E-state index contributed by atoms with van der Waals surface area (Å²) in [4.78, 5) is 16.4. The number of aromatic nitrogens is 2. The van der Waals surface area contributed by atoms with Crippen molar-refractivity contribution < 1.29 is 13.2 Å². The predicted octanol–water partition coefficient (Wildman–Crippen LogP) is 1.15. The highest BCUT2D eigenvalue weighted by molar-refractivity contribution is 5.45. The fraction of sp³-hybridized carbons (Fsp3) is 0.500. The summed E-state index contributed by atoms with van der Waals surface area (Å²) in [6, 6.07) is 0. The Morgan fingerprint density at radius 2 is 2.07 bits per heavy atom. The average Bonchev–Trinajstić information content (AvgIpc) is 2.16. The molecule has 1 aliphatic heterocycles. The Labute approximate surface area is 82.5 Å². The van der Waals surface area contributed by atoms with Crippen molar-refractivity contribution in [2.24, 2.45) is 0 Å². The Morgan fingerprint density at radius 1 is 1.33 bits per heavy atom. The molecule has 2 heterocycles. The van der Waals surface area contributed by atoms with Crippen LogP contribution in [0.2, 0.25) is 0 Å². The van der Waals surface area contributed by atoms with Gasteiger partial charge in [-0.05, 0) is 12.8 Å². The lowest BCUT2D eigenvalue weighted by molar-refractivity contribution is -0.145. The first-order chi connectivity index (χ1) is 6.98. The molecule has 0 fully saturated rings. The minimum atomic E-state index is -4.62. The number of alkyl halides is 3. The number of hydrogen-bond donors (Lipinski definition) is 2. The summed E-state index contributed by atoms with van der Waals surface area (Å²) >= 11 is 0. The highest BCUT2D eigenvalue weighted by atomic mass is 19.4. The first kappa shape index (κ1) is 10.0. The van der Waals surface area contributed by atoms with E-state index in [4.69, 9.17) is 0 Å². The van der Waals surface area contributed by atoms with Crippen LogP contribution in [0, 0.1) is 0 Å². The Bertz CT molecular complexity index is 438. The van der Waals surface area contributed by atoms with Crippen molar-refractivity contribution >= 4 is 5.82 Å². The number of aromatic amines is 1. The van der Waals surface area contributed by atoms with Crippen LogP contribution in [-0.2, 0) is 12.6 Å². The second-order valence-corrected chi connectivity index (χ2v) is 3.27. The molecule has 7 heteroatoms. The van der Waals surface area contributed by atoms with E-state index in [1.165, 1.54) is 0 Å². The van der Waals surface area contributed by atoms with Gasteiger partial charge in [-0.3, -0.25) is 4.79 Å². The molecule has 2 N–H and O–H groups in total. The first-order valence-corrected chi connectivity index (χ1v) is 4.43. The van der Waals surface area contributed by atoms with E-state index in [9.17, 15) is 18.0 Å². The fourth-order valence-corrected chi connectivity index (χ4v) is 1.48. The van der Waals surface area contributed by atoms with Gasteiger partial charge in [0.15, 0.2) is 0 Å². The van der Waals surface area contributed by atoms with E-state index in [2.05, 4.69) is 10.3 Å². The van der Waals surface area contributed by atoms with Gasteiger partial charge < -0.3 is 10.3 Å². The van der Waals surface area contributed by atoms with Crippen molar-refractivity contribution in [3.63, 3.8) is 0 Å². The maximum Gasteiger partial charge on any atom is 0.449 e. The monoisotopic (exact) mass is 219 g/mol. The van der Waals surface area contributed by atoms with Gasteiger partial charge in [-0.2, -0.15) is 13.2 Å². The van der Waals surface area contributed by atoms with Crippen LogP contribution < -0.4 is 10.9 Å². The molecule has 0 amide bonds. The van der Waals surface area contributed by atoms with Gasteiger partial charge in [0, 0.05) is 6.54 Å². The molecule has 0 aliphatic carbocycles. The fourth-order valence-electron chi connectivity index (χ4n) is 1.48. The van der Waals surface area contributed by atoms with Crippen LogP contribution >= 0.6 is 0 Å². The average molecular weight is 219 g/mol. The summed E-state index contributed by atoms with van der Waals surface area (Å²) in [6.45, 7) is 0.542. The third kappa shape index (κ3) is 1.81. The normalized spacial score (nSPS) is 15.7. The van der Waals surface area contributed by atoms with Gasteiger partial charge in [-0.1, -0.05) is 0 Å². The van der Waals surface area contributed by atoms with E-state index >= 15 is 0 Å². The van der Waals surface area contributed by atoms with Crippen molar-refractivity contribution in [1.29, 1.82) is 0 Å². The lowest BCUT2D eigenvalue weighted by Crippen LogP contribution is -2.27. The molecule has 1 aromatic heterocycles. The lowest BCUT2D eigenvalue weighted by atomic mass is 10.1. The van der Waals surface area contributed by atoms with Crippen LogP contribution in [0.5, 0.6) is 0 Å². The molecule has 0 radical (unpaired) electrons. The maximum absolute atomic E-state index is 12.3.